The third-order valence-electron chi connectivity index (χ3n) is 3.22. The van der Waals surface area contributed by atoms with E-state index in [1.807, 2.05) is 12.1 Å². The van der Waals surface area contributed by atoms with Gasteiger partial charge in [0, 0.05) is 21.0 Å². The Bertz CT molecular complexity index is 554. The molecule has 0 aliphatic rings. The predicted molar refractivity (Wildman–Crippen MR) is 88.2 cm³/mol. The summed E-state index contributed by atoms with van der Waals surface area (Å²) in [6.45, 7) is 4.38. The summed E-state index contributed by atoms with van der Waals surface area (Å²) in [4.78, 5) is 0. The molecule has 1 N–H and O–H groups in total. The molecule has 0 amide bonds. The topological polar surface area (TPSA) is 12.0 Å². The Hall–Kier alpha value is -0.640. The van der Waals surface area contributed by atoms with Gasteiger partial charge in [-0.1, -0.05) is 62.2 Å². The van der Waals surface area contributed by atoms with E-state index in [0.717, 1.165) is 8.95 Å². The predicted octanol–water partition coefficient (Wildman–Crippen LogP) is 5.62. The standard InChI is InChI=1S/C16H17Br2N/c1-11(13-6-5-7-14(17)10-13)19-12(2)15-8-3-4-9-16(15)18/h3-12,19H,1-2H3/t11-,12?/m1/s1. The zero-order valence-electron chi connectivity index (χ0n) is 11.0. The molecular weight excluding hydrogens is 366 g/mol. The first-order chi connectivity index (χ1) is 9.08. The summed E-state index contributed by atoms with van der Waals surface area (Å²) in [6, 6.07) is 17.4. The molecule has 0 saturated heterocycles. The molecule has 0 aliphatic carbocycles. The van der Waals surface area contributed by atoms with Crippen LogP contribution in [0, 0.1) is 0 Å². The molecule has 0 bridgehead atoms. The molecule has 100 valence electrons. The van der Waals surface area contributed by atoms with Gasteiger partial charge in [-0.05, 0) is 43.2 Å². The summed E-state index contributed by atoms with van der Waals surface area (Å²) in [6.07, 6.45) is 0. The minimum atomic E-state index is 0.296. The molecule has 0 radical (unpaired) electrons. The molecule has 0 heterocycles. The van der Waals surface area contributed by atoms with Crippen LogP contribution in [0.5, 0.6) is 0 Å². The highest BCUT2D eigenvalue weighted by Crippen LogP contribution is 2.26. The molecule has 0 fully saturated rings. The van der Waals surface area contributed by atoms with Gasteiger partial charge in [0.25, 0.3) is 0 Å². The second-order valence-corrected chi connectivity index (χ2v) is 6.46. The average Bonchev–Trinajstić information content (AvgIpc) is 2.39. The Morgan fingerprint density at radius 2 is 1.63 bits per heavy atom. The highest BCUT2D eigenvalue weighted by atomic mass is 79.9. The van der Waals surface area contributed by atoms with E-state index in [1.165, 1.54) is 11.1 Å². The third-order valence-corrected chi connectivity index (χ3v) is 4.44. The Morgan fingerprint density at radius 1 is 0.895 bits per heavy atom. The summed E-state index contributed by atoms with van der Waals surface area (Å²) in [7, 11) is 0. The molecule has 0 spiro atoms. The first kappa shape index (κ1) is 14.8. The molecule has 0 aromatic heterocycles. The van der Waals surface area contributed by atoms with E-state index in [1.54, 1.807) is 0 Å². The van der Waals surface area contributed by atoms with E-state index in [2.05, 4.69) is 87.4 Å². The summed E-state index contributed by atoms with van der Waals surface area (Å²) in [5, 5.41) is 3.63. The monoisotopic (exact) mass is 381 g/mol. The molecule has 19 heavy (non-hydrogen) atoms. The Kier molecular flexibility index (Phi) is 5.20. The first-order valence-corrected chi connectivity index (χ1v) is 7.92. The van der Waals surface area contributed by atoms with Gasteiger partial charge in [0.1, 0.15) is 0 Å². The lowest BCUT2D eigenvalue weighted by Crippen LogP contribution is -2.22. The lowest BCUT2D eigenvalue weighted by Gasteiger charge is -2.22. The Labute approximate surface area is 131 Å². The van der Waals surface area contributed by atoms with Crippen molar-refractivity contribution in [2.75, 3.05) is 0 Å². The lowest BCUT2D eigenvalue weighted by atomic mass is 10.0. The number of halogens is 2. The molecule has 3 heteroatoms. The van der Waals surface area contributed by atoms with Crippen LogP contribution in [-0.2, 0) is 0 Å². The Morgan fingerprint density at radius 3 is 2.32 bits per heavy atom. The highest BCUT2D eigenvalue weighted by molar-refractivity contribution is 9.10. The van der Waals surface area contributed by atoms with Gasteiger partial charge in [-0.15, -0.1) is 0 Å². The number of benzene rings is 2. The number of hydrogen-bond donors (Lipinski definition) is 1. The van der Waals surface area contributed by atoms with Crippen molar-refractivity contribution < 1.29 is 0 Å². The van der Waals surface area contributed by atoms with E-state index in [9.17, 15) is 0 Å². The van der Waals surface area contributed by atoms with Crippen molar-refractivity contribution >= 4 is 31.9 Å². The van der Waals surface area contributed by atoms with Gasteiger partial charge in [-0.2, -0.15) is 0 Å². The van der Waals surface area contributed by atoms with Crippen LogP contribution in [0.1, 0.15) is 37.1 Å². The summed E-state index contributed by atoms with van der Waals surface area (Å²) in [5.74, 6) is 0. The summed E-state index contributed by atoms with van der Waals surface area (Å²) in [5.41, 5.74) is 2.57. The van der Waals surface area contributed by atoms with E-state index >= 15 is 0 Å². The molecule has 2 aromatic rings. The second kappa shape index (κ2) is 6.69. The van der Waals surface area contributed by atoms with E-state index in [0.29, 0.717) is 12.1 Å². The number of nitrogens with one attached hydrogen (secondary N) is 1. The van der Waals surface area contributed by atoms with Crippen molar-refractivity contribution in [3.05, 3.63) is 68.6 Å². The van der Waals surface area contributed by atoms with Crippen LogP contribution < -0.4 is 5.32 Å². The van der Waals surface area contributed by atoms with E-state index in [4.69, 9.17) is 0 Å². The van der Waals surface area contributed by atoms with Crippen molar-refractivity contribution in [2.24, 2.45) is 0 Å². The largest absolute Gasteiger partial charge is 0.304 e. The van der Waals surface area contributed by atoms with Gasteiger partial charge >= 0.3 is 0 Å². The fraction of sp³-hybridized carbons (Fsp3) is 0.250. The first-order valence-electron chi connectivity index (χ1n) is 6.34. The maximum atomic E-state index is 3.63. The molecule has 1 nitrogen and oxygen atoms in total. The van der Waals surface area contributed by atoms with Crippen molar-refractivity contribution in [1.29, 1.82) is 0 Å². The van der Waals surface area contributed by atoms with E-state index in [-0.39, 0.29) is 0 Å². The fourth-order valence-corrected chi connectivity index (χ4v) is 3.21. The quantitative estimate of drug-likeness (QED) is 0.723. The summed E-state index contributed by atoms with van der Waals surface area (Å²) >= 11 is 7.13. The van der Waals surface area contributed by atoms with Crippen LogP contribution in [0.2, 0.25) is 0 Å². The van der Waals surface area contributed by atoms with Crippen LogP contribution >= 0.6 is 31.9 Å². The fourth-order valence-electron chi connectivity index (χ4n) is 2.16. The maximum absolute atomic E-state index is 3.63. The van der Waals surface area contributed by atoms with Gasteiger partial charge in [0.2, 0.25) is 0 Å². The summed E-state index contributed by atoms with van der Waals surface area (Å²) < 4.78 is 2.27. The van der Waals surface area contributed by atoms with Gasteiger partial charge in [0.15, 0.2) is 0 Å². The van der Waals surface area contributed by atoms with Crippen molar-refractivity contribution in [3.63, 3.8) is 0 Å². The van der Waals surface area contributed by atoms with Crippen LogP contribution in [0.25, 0.3) is 0 Å². The highest BCUT2D eigenvalue weighted by Gasteiger charge is 2.13. The van der Waals surface area contributed by atoms with E-state index < -0.39 is 0 Å². The SMILES string of the molecule is CC(N[C@H](C)c1cccc(Br)c1)c1ccccc1Br. The van der Waals surface area contributed by atoms with Crippen LogP contribution in [0.15, 0.2) is 57.5 Å². The van der Waals surface area contributed by atoms with Crippen LogP contribution in [0.3, 0.4) is 0 Å². The minimum absolute atomic E-state index is 0.296. The smallest absolute Gasteiger partial charge is 0.0308 e. The molecule has 1 unspecified atom stereocenters. The average molecular weight is 383 g/mol. The molecule has 2 atom stereocenters. The zero-order chi connectivity index (χ0) is 13.8. The van der Waals surface area contributed by atoms with Gasteiger partial charge in [-0.25, -0.2) is 0 Å². The molecular formula is C16H17Br2N. The normalized spacial score (nSPS) is 14.1. The molecule has 0 aliphatic heterocycles. The van der Waals surface area contributed by atoms with Gasteiger partial charge in [-0.3, -0.25) is 0 Å². The maximum Gasteiger partial charge on any atom is 0.0308 e. The number of hydrogen-bond acceptors (Lipinski definition) is 1. The molecule has 2 rings (SSSR count). The Balaban J connectivity index is 2.11. The number of rotatable bonds is 4. The van der Waals surface area contributed by atoms with Crippen LogP contribution in [0.4, 0.5) is 0 Å². The van der Waals surface area contributed by atoms with Crippen molar-refractivity contribution in [1.82, 2.24) is 5.32 Å². The third kappa shape index (κ3) is 3.91. The van der Waals surface area contributed by atoms with Crippen molar-refractivity contribution in [2.45, 2.75) is 25.9 Å². The second-order valence-electron chi connectivity index (χ2n) is 4.69. The van der Waals surface area contributed by atoms with Gasteiger partial charge < -0.3 is 5.32 Å². The molecule has 2 aromatic carbocycles. The van der Waals surface area contributed by atoms with Crippen LogP contribution in [-0.4, -0.2) is 0 Å². The lowest BCUT2D eigenvalue weighted by molar-refractivity contribution is 0.493. The zero-order valence-corrected chi connectivity index (χ0v) is 14.2. The van der Waals surface area contributed by atoms with Crippen molar-refractivity contribution in [3.8, 4) is 0 Å². The minimum Gasteiger partial charge on any atom is -0.304 e. The molecule has 0 saturated carbocycles. The van der Waals surface area contributed by atoms with Gasteiger partial charge in [0.05, 0.1) is 0 Å².